The Balaban J connectivity index is 1.88. The lowest BCUT2D eigenvalue weighted by molar-refractivity contribution is 0.102. The molecule has 2 aromatic heterocycles. The molecule has 0 aliphatic heterocycles. The maximum atomic E-state index is 14.0. The highest BCUT2D eigenvalue weighted by Crippen LogP contribution is 2.27. The number of imidazole rings is 1. The maximum Gasteiger partial charge on any atom is 0.257 e. The minimum absolute atomic E-state index is 0.000402. The Hall–Kier alpha value is -2.96. The Labute approximate surface area is 144 Å². The number of aromatic nitrogens is 3. The van der Waals surface area contributed by atoms with Crippen LogP contribution >= 0.6 is 0 Å². The molecular formula is C18H19FN4O2. The van der Waals surface area contributed by atoms with Crippen molar-refractivity contribution >= 4 is 22.8 Å². The molecular weight excluding hydrogens is 323 g/mol. The molecule has 0 aliphatic rings. The number of hydrogen-bond donors (Lipinski definition) is 1. The van der Waals surface area contributed by atoms with E-state index in [1.165, 1.54) is 25.4 Å². The molecule has 0 radical (unpaired) electrons. The topological polar surface area (TPSA) is 69.0 Å². The number of para-hydroxylation sites is 1. The summed E-state index contributed by atoms with van der Waals surface area (Å²) in [6.07, 6.45) is 3.17. The quantitative estimate of drug-likeness (QED) is 0.771. The molecule has 130 valence electrons. The van der Waals surface area contributed by atoms with Gasteiger partial charge in [0.1, 0.15) is 17.0 Å². The highest BCUT2D eigenvalue weighted by Gasteiger charge is 2.16. The number of hydrogen-bond acceptors (Lipinski definition) is 4. The van der Waals surface area contributed by atoms with Gasteiger partial charge in [0.15, 0.2) is 11.5 Å². The molecule has 0 atom stereocenters. The van der Waals surface area contributed by atoms with Crippen LogP contribution in [0.5, 0.6) is 5.75 Å². The molecule has 1 N–H and O–H groups in total. The summed E-state index contributed by atoms with van der Waals surface area (Å²) in [6.45, 7) is 5.01. The zero-order chi connectivity index (χ0) is 18.0. The van der Waals surface area contributed by atoms with E-state index in [0.717, 1.165) is 6.54 Å². The van der Waals surface area contributed by atoms with Crippen molar-refractivity contribution < 1.29 is 13.9 Å². The molecule has 0 spiro atoms. The first kappa shape index (κ1) is 16.9. The van der Waals surface area contributed by atoms with Gasteiger partial charge in [-0.05, 0) is 24.1 Å². The van der Waals surface area contributed by atoms with Crippen molar-refractivity contribution in [2.45, 2.75) is 20.4 Å². The Morgan fingerprint density at radius 3 is 2.88 bits per heavy atom. The van der Waals surface area contributed by atoms with Gasteiger partial charge in [-0.3, -0.25) is 4.79 Å². The summed E-state index contributed by atoms with van der Waals surface area (Å²) in [5.74, 6) is -0.335. The fourth-order valence-corrected chi connectivity index (χ4v) is 2.58. The first-order valence-corrected chi connectivity index (χ1v) is 7.94. The first-order chi connectivity index (χ1) is 12.0. The fourth-order valence-electron chi connectivity index (χ4n) is 2.58. The van der Waals surface area contributed by atoms with Crippen LogP contribution in [0.25, 0.3) is 11.2 Å². The van der Waals surface area contributed by atoms with Crippen LogP contribution in [0.15, 0.2) is 36.8 Å². The summed E-state index contributed by atoms with van der Waals surface area (Å²) in [5, 5.41) is 2.54. The average molecular weight is 342 g/mol. The van der Waals surface area contributed by atoms with Gasteiger partial charge in [0.25, 0.3) is 5.91 Å². The van der Waals surface area contributed by atoms with Crippen molar-refractivity contribution in [2.75, 3.05) is 12.4 Å². The number of anilines is 1. The van der Waals surface area contributed by atoms with E-state index >= 15 is 0 Å². The van der Waals surface area contributed by atoms with E-state index in [-0.39, 0.29) is 11.4 Å². The van der Waals surface area contributed by atoms with Gasteiger partial charge in [-0.15, -0.1) is 0 Å². The fraction of sp³-hybridized carbons (Fsp3) is 0.278. The van der Waals surface area contributed by atoms with Crippen molar-refractivity contribution in [2.24, 2.45) is 5.92 Å². The van der Waals surface area contributed by atoms with Gasteiger partial charge in [-0.2, -0.15) is 0 Å². The molecule has 0 saturated heterocycles. The number of halogens is 1. The lowest BCUT2D eigenvalue weighted by Crippen LogP contribution is -2.14. The summed E-state index contributed by atoms with van der Waals surface area (Å²) in [5.41, 5.74) is 1.63. The molecule has 1 amide bonds. The van der Waals surface area contributed by atoms with Crippen LogP contribution in [-0.2, 0) is 6.54 Å². The Kier molecular flexibility index (Phi) is 4.65. The van der Waals surface area contributed by atoms with Crippen molar-refractivity contribution in [3.63, 3.8) is 0 Å². The summed E-state index contributed by atoms with van der Waals surface area (Å²) >= 11 is 0. The molecule has 25 heavy (non-hydrogen) atoms. The molecule has 1 aromatic carbocycles. The molecule has 6 nitrogen and oxygen atoms in total. The number of fused-ring (bicyclic) bond motifs is 1. The minimum atomic E-state index is -0.567. The molecule has 3 rings (SSSR count). The number of nitrogens with one attached hydrogen (secondary N) is 1. The zero-order valence-corrected chi connectivity index (χ0v) is 14.3. The number of pyridine rings is 1. The summed E-state index contributed by atoms with van der Waals surface area (Å²) < 4.78 is 21.0. The predicted octanol–water partition coefficient (Wildman–Crippen LogP) is 3.49. The van der Waals surface area contributed by atoms with Gasteiger partial charge >= 0.3 is 0 Å². The van der Waals surface area contributed by atoms with E-state index in [0.29, 0.717) is 22.6 Å². The lowest BCUT2D eigenvalue weighted by Gasteiger charge is -2.11. The molecule has 0 fully saturated rings. The van der Waals surface area contributed by atoms with Gasteiger partial charge in [0.2, 0.25) is 0 Å². The van der Waals surface area contributed by atoms with Crippen LogP contribution in [0.3, 0.4) is 0 Å². The van der Waals surface area contributed by atoms with Gasteiger partial charge < -0.3 is 14.6 Å². The highest BCUT2D eigenvalue weighted by molar-refractivity contribution is 6.06. The van der Waals surface area contributed by atoms with E-state index in [1.54, 1.807) is 18.5 Å². The van der Waals surface area contributed by atoms with Crippen LogP contribution in [0.1, 0.15) is 24.2 Å². The molecule has 7 heteroatoms. The second-order valence-electron chi connectivity index (χ2n) is 6.13. The molecule has 2 heterocycles. The summed E-state index contributed by atoms with van der Waals surface area (Å²) in [4.78, 5) is 21.1. The van der Waals surface area contributed by atoms with E-state index in [4.69, 9.17) is 4.74 Å². The standard InChI is InChI=1S/C18H19FN4O2/c1-11(2)9-23-10-21-14-7-12(8-20-17(14)23)18(24)22-16-13(19)5-4-6-15(16)25-3/h4-8,10-11H,9H2,1-3H3,(H,22,24). The van der Waals surface area contributed by atoms with Gasteiger partial charge in [-0.1, -0.05) is 19.9 Å². The number of amides is 1. The normalized spacial score (nSPS) is 11.1. The third kappa shape index (κ3) is 3.45. The summed E-state index contributed by atoms with van der Waals surface area (Å²) in [7, 11) is 1.42. The van der Waals surface area contributed by atoms with Crippen molar-refractivity contribution in [3.05, 3.63) is 48.2 Å². The number of rotatable bonds is 5. The van der Waals surface area contributed by atoms with Crippen LogP contribution in [-0.4, -0.2) is 27.6 Å². The number of carbonyl (C=O) groups excluding carboxylic acids is 1. The van der Waals surface area contributed by atoms with E-state index < -0.39 is 11.7 Å². The zero-order valence-electron chi connectivity index (χ0n) is 14.3. The molecule has 0 aliphatic carbocycles. The first-order valence-electron chi connectivity index (χ1n) is 7.94. The number of carbonyl (C=O) groups is 1. The monoisotopic (exact) mass is 342 g/mol. The Morgan fingerprint density at radius 1 is 1.36 bits per heavy atom. The highest BCUT2D eigenvalue weighted by atomic mass is 19.1. The van der Waals surface area contributed by atoms with E-state index in [1.807, 2.05) is 4.57 Å². The molecule has 0 saturated carbocycles. The van der Waals surface area contributed by atoms with Crippen molar-refractivity contribution in [1.29, 1.82) is 0 Å². The predicted molar refractivity (Wildman–Crippen MR) is 93.3 cm³/mol. The number of methoxy groups -OCH3 is 1. The summed E-state index contributed by atoms with van der Waals surface area (Å²) in [6, 6.07) is 5.99. The van der Waals surface area contributed by atoms with Gasteiger partial charge in [-0.25, -0.2) is 14.4 Å². The third-order valence-corrected chi connectivity index (χ3v) is 3.71. The SMILES string of the molecule is COc1cccc(F)c1NC(=O)c1cnc2c(c1)ncn2CC(C)C. The van der Waals surface area contributed by atoms with Crippen LogP contribution in [0, 0.1) is 11.7 Å². The smallest absolute Gasteiger partial charge is 0.257 e. The largest absolute Gasteiger partial charge is 0.494 e. The van der Waals surface area contributed by atoms with Crippen LogP contribution < -0.4 is 10.1 Å². The number of benzene rings is 1. The number of ether oxygens (including phenoxy) is 1. The number of nitrogens with zero attached hydrogens (tertiary/aromatic N) is 3. The lowest BCUT2D eigenvalue weighted by atomic mass is 10.2. The van der Waals surface area contributed by atoms with E-state index in [9.17, 15) is 9.18 Å². The van der Waals surface area contributed by atoms with E-state index in [2.05, 4.69) is 29.1 Å². The molecule has 0 unspecified atom stereocenters. The van der Waals surface area contributed by atoms with Crippen LogP contribution in [0.4, 0.5) is 10.1 Å². The minimum Gasteiger partial charge on any atom is -0.494 e. The molecule has 3 aromatic rings. The van der Waals surface area contributed by atoms with Crippen LogP contribution in [0.2, 0.25) is 0 Å². The van der Waals surface area contributed by atoms with Gasteiger partial charge in [0, 0.05) is 12.7 Å². The Morgan fingerprint density at radius 2 is 2.16 bits per heavy atom. The van der Waals surface area contributed by atoms with Crippen molar-refractivity contribution in [1.82, 2.24) is 14.5 Å². The Bertz CT molecular complexity index is 921. The molecule has 0 bridgehead atoms. The average Bonchev–Trinajstić information content (AvgIpc) is 2.98. The second-order valence-corrected chi connectivity index (χ2v) is 6.13. The second kappa shape index (κ2) is 6.88. The van der Waals surface area contributed by atoms with Gasteiger partial charge in [0.05, 0.1) is 19.0 Å². The van der Waals surface area contributed by atoms with Crippen molar-refractivity contribution in [3.8, 4) is 5.75 Å². The maximum absolute atomic E-state index is 14.0. The third-order valence-electron chi connectivity index (χ3n) is 3.71.